The fourth-order valence-corrected chi connectivity index (χ4v) is 2.12. The molecule has 0 atom stereocenters. The van der Waals surface area contributed by atoms with Crippen LogP contribution in [0, 0.1) is 0 Å². The minimum Gasteiger partial charge on any atom is -0.466 e. The summed E-state index contributed by atoms with van der Waals surface area (Å²) in [5.41, 5.74) is 0. The lowest BCUT2D eigenvalue weighted by atomic mass is 10.1. The molecule has 0 unspecified atom stereocenters. The van der Waals surface area contributed by atoms with Crippen LogP contribution < -0.4 is 0 Å². The van der Waals surface area contributed by atoms with Crippen molar-refractivity contribution in [1.29, 1.82) is 0 Å². The van der Waals surface area contributed by atoms with Gasteiger partial charge in [-0.3, -0.25) is 4.79 Å². The Morgan fingerprint density at radius 1 is 0.773 bits per heavy atom. The number of rotatable bonds is 14. The van der Waals surface area contributed by atoms with E-state index < -0.39 is 0 Å². The highest BCUT2D eigenvalue weighted by Crippen LogP contribution is 2.08. The molecule has 126 valence electrons. The molecule has 0 amide bonds. The molecule has 0 fully saturated rings. The highest BCUT2D eigenvalue weighted by atomic mass is 16.5. The number of hydrogen-bond donors (Lipinski definition) is 0. The molecule has 22 heavy (non-hydrogen) atoms. The molecule has 0 heterocycles. The van der Waals surface area contributed by atoms with Gasteiger partial charge in [0, 0.05) is 6.42 Å². The van der Waals surface area contributed by atoms with Crippen LogP contribution in [0.4, 0.5) is 0 Å². The van der Waals surface area contributed by atoms with Crippen molar-refractivity contribution in [3.63, 3.8) is 0 Å². The SMILES string of the molecule is CCC=CCC=CCC=CCCCCCCCC(=O)OCC. The minimum atomic E-state index is -0.0522. The highest BCUT2D eigenvalue weighted by molar-refractivity contribution is 5.69. The van der Waals surface area contributed by atoms with Gasteiger partial charge in [-0.1, -0.05) is 62.6 Å². The molecule has 0 rings (SSSR count). The second-order valence-electron chi connectivity index (χ2n) is 5.41. The zero-order valence-electron chi connectivity index (χ0n) is 14.6. The molecule has 2 nitrogen and oxygen atoms in total. The molecule has 0 saturated carbocycles. The summed E-state index contributed by atoms with van der Waals surface area (Å²) in [5, 5.41) is 0. The van der Waals surface area contributed by atoms with Gasteiger partial charge in [0.25, 0.3) is 0 Å². The van der Waals surface area contributed by atoms with E-state index in [4.69, 9.17) is 4.74 Å². The predicted molar refractivity (Wildman–Crippen MR) is 95.9 cm³/mol. The first-order valence-corrected chi connectivity index (χ1v) is 8.91. The van der Waals surface area contributed by atoms with Crippen molar-refractivity contribution < 1.29 is 9.53 Å². The number of carbonyl (C=O) groups is 1. The number of ether oxygens (including phenoxy) is 1. The third-order valence-corrected chi connectivity index (χ3v) is 3.34. The molecule has 0 aliphatic heterocycles. The van der Waals surface area contributed by atoms with E-state index in [0.717, 1.165) is 32.1 Å². The van der Waals surface area contributed by atoms with Crippen LogP contribution in [0.15, 0.2) is 36.5 Å². The van der Waals surface area contributed by atoms with Gasteiger partial charge in [-0.2, -0.15) is 0 Å². The normalized spacial score (nSPS) is 11.9. The third-order valence-electron chi connectivity index (χ3n) is 3.34. The lowest BCUT2D eigenvalue weighted by molar-refractivity contribution is -0.143. The summed E-state index contributed by atoms with van der Waals surface area (Å²) in [6.45, 7) is 4.50. The maximum Gasteiger partial charge on any atom is 0.305 e. The lowest BCUT2D eigenvalue weighted by Crippen LogP contribution is -2.03. The first kappa shape index (κ1) is 20.7. The number of unbranched alkanes of at least 4 members (excludes halogenated alkanes) is 5. The number of carbonyl (C=O) groups excluding carboxylic acids is 1. The summed E-state index contributed by atoms with van der Waals surface area (Å²) >= 11 is 0. The van der Waals surface area contributed by atoms with Gasteiger partial charge >= 0.3 is 5.97 Å². The fourth-order valence-electron chi connectivity index (χ4n) is 2.12. The molecule has 0 aromatic rings. The second-order valence-corrected chi connectivity index (χ2v) is 5.41. The van der Waals surface area contributed by atoms with Crippen LogP contribution in [0.5, 0.6) is 0 Å². The van der Waals surface area contributed by atoms with Crippen molar-refractivity contribution >= 4 is 5.97 Å². The monoisotopic (exact) mass is 306 g/mol. The molecule has 0 bridgehead atoms. The summed E-state index contributed by atoms with van der Waals surface area (Å²) in [6, 6.07) is 0. The molecule has 0 radical (unpaired) electrons. The van der Waals surface area contributed by atoms with Gasteiger partial charge in [0.15, 0.2) is 0 Å². The topological polar surface area (TPSA) is 26.3 Å². The zero-order valence-corrected chi connectivity index (χ0v) is 14.6. The Kier molecular flexibility index (Phi) is 16.7. The minimum absolute atomic E-state index is 0.0522. The van der Waals surface area contributed by atoms with Gasteiger partial charge in [-0.15, -0.1) is 0 Å². The summed E-state index contributed by atoms with van der Waals surface area (Å²) in [5.74, 6) is -0.0522. The molecule has 0 aromatic carbocycles. The van der Waals surface area contributed by atoms with Crippen LogP contribution in [0.25, 0.3) is 0 Å². The summed E-state index contributed by atoms with van der Waals surface area (Å²) in [4.78, 5) is 11.1. The van der Waals surface area contributed by atoms with Crippen LogP contribution >= 0.6 is 0 Å². The van der Waals surface area contributed by atoms with Crippen molar-refractivity contribution in [2.75, 3.05) is 6.61 Å². The summed E-state index contributed by atoms with van der Waals surface area (Å²) in [6.07, 6.45) is 24.2. The van der Waals surface area contributed by atoms with E-state index in [1.54, 1.807) is 0 Å². The van der Waals surface area contributed by atoms with E-state index in [1.807, 2.05) is 6.92 Å². The van der Waals surface area contributed by atoms with Crippen molar-refractivity contribution in [2.24, 2.45) is 0 Å². The quantitative estimate of drug-likeness (QED) is 0.219. The van der Waals surface area contributed by atoms with Crippen LogP contribution in [0.2, 0.25) is 0 Å². The van der Waals surface area contributed by atoms with E-state index in [1.165, 1.54) is 25.7 Å². The molecular weight excluding hydrogens is 272 g/mol. The molecule has 0 saturated heterocycles. The van der Waals surface area contributed by atoms with Gasteiger partial charge in [0.05, 0.1) is 6.61 Å². The van der Waals surface area contributed by atoms with E-state index >= 15 is 0 Å². The molecular formula is C20H34O2. The van der Waals surface area contributed by atoms with Crippen molar-refractivity contribution in [1.82, 2.24) is 0 Å². The zero-order chi connectivity index (χ0) is 16.3. The first-order chi connectivity index (χ1) is 10.8. The largest absolute Gasteiger partial charge is 0.466 e. The molecule has 0 N–H and O–H groups in total. The standard InChI is InChI=1S/C20H34O2/c1-3-5-6-7-8-9-10-11-12-13-14-15-16-17-18-19-20(21)22-4-2/h5-6,8-9,11-12H,3-4,7,10,13-19H2,1-2H3. The molecule has 0 aromatic heterocycles. The Hall–Kier alpha value is -1.31. The Labute approximate surface area is 137 Å². The Morgan fingerprint density at radius 2 is 1.36 bits per heavy atom. The van der Waals surface area contributed by atoms with Gasteiger partial charge in [-0.25, -0.2) is 0 Å². The average Bonchev–Trinajstić information content (AvgIpc) is 2.51. The lowest BCUT2D eigenvalue weighted by Gasteiger charge is -2.01. The molecule has 0 spiro atoms. The fraction of sp³-hybridized carbons (Fsp3) is 0.650. The maximum atomic E-state index is 11.1. The van der Waals surface area contributed by atoms with E-state index in [-0.39, 0.29) is 5.97 Å². The Balaban J connectivity index is 3.27. The molecule has 0 aliphatic carbocycles. The highest BCUT2D eigenvalue weighted by Gasteiger charge is 2.00. The Bertz CT molecular complexity index is 327. The number of hydrogen-bond acceptors (Lipinski definition) is 2. The van der Waals surface area contributed by atoms with E-state index in [0.29, 0.717) is 13.0 Å². The van der Waals surface area contributed by atoms with E-state index in [2.05, 4.69) is 43.4 Å². The van der Waals surface area contributed by atoms with Crippen molar-refractivity contribution in [2.45, 2.75) is 78.1 Å². The van der Waals surface area contributed by atoms with Crippen LogP contribution in [-0.2, 0) is 9.53 Å². The van der Waals surface area contributed by atoms with Crippen LogP contribution in [-0.4, -0.2) is 12.6 Å². The number of esters is 1. The predicted octanol–water partition coefficient (Wildman–Crippen LogP) is 6.14. The smallest absolute Gasteiger partial charge is 0.305 e. The average molecular weight is 306 g/mol. The van der Waals surface area contributed by atoms with E-state index in [9.17, 15) is 4.79 Å². The Morgan fingerprint density at radius 3 is 2.05 bits per heavy atom. The van der Waals surface area contributed by atoms with Crippen LogP contribution in [0.3, 0.4) is 0 Å². The van der Waals surface area contributed by atoms with Crippen molar-refractivity contribution in [3.8, 4) is 0 Å². The van der Waals surface area contributed by atoms with Crippen molar-refractivity contribution in [3.05, 3.63) is 36.5 Å². The van der Waals surface area contributed by atoms with Gasteiger partial charge in [-0.05, 0) is 45.4 Å². The first-order valence-electron chi connectivity index (χ1n) is 8.91. The van der Waals surface area contributed by atoms with Gasteiger partial charge in [0.1, 0.15) is 0 Å². The summed E-state index contributed by atoms with van der Waals surface area (Å²) < 4.78 is 4.90. The maximum absolute atomic E-state index is 11.1. The second kappa shape index (κ2) is 17.7. The summed E-state index contributed by atoms with van der Waals surface area (Å²) in [7, 11) is 0. The molecule has 2 heteroatoms. The molecule has 0 aliphatic rings. The van der Waals surface area contributed by atoms with Gasteiger partial charge < -0.3 is 4.74 Å². The third kappa shape index (κ3) is 16.7. The van der Waals surface area contributed by atoms with Crippen LogP contribution in [0.1, 0.15) is 78.1 Å². The van der Waals surface area contributed by atoms with Gasteiger partial charge in [0.2, 0.25) is 0 Å². The number of allylic oxidation sites excluding steroid dienone is 6.